The third kappa shape index (κ3) is 3.95. The molecule has 0 atom stereocenters. The second kappa shape index (κ2) is 8.82. The Hall–Kier alpha value is -1.68. The van der Waals surface area contributed by atoms with E-state index in [1.165, 1.54) is 31.2 Å². The molecule has 0 fully saturated rings. The van der Waals surface area contributed by atoms with Crippen molar-refractivity contribution in [2.24, 2.45) is 0 Å². The van der Waals surface area contributed by atoms with Crippen molar-refractivity contribution in [2.75, 3.05) is 14.2 Å². The summed E-state index contributed by atoms with van der Waals surface area (Å²) in [5.41, 5.74) is 3.07. The standard InChI is InChI=1S/C26H22O2Te2/c1-27-19-7-11-21(12-8-19)29-23-15-5-17-3-4-18-6-16-24(26(23)25(17)18)30-22-13-9-20(28-2)10-14-22/h5-16H,3-4H2,1-2H3. The van der Waals surface area contributed by atoms with Crippen LogP contribution >= 0.6 is 0 Å². The third-order valence-corrected chi connectivity index (χ3v) is 11.6. The van der Waals surface area contributed by atoms with Crippen LogP contribution in [0, 0.1) is 0 Å². The van der Waals surface area contributed by atoms with Crippen LogP contribution in [0.3, 0.4) is 0 Å². The van der Waals surface area contributed by atoms with Crippen LogP contribution in [0.4, 0.5) is 0 Å². The first kappa shape index (κ1) is 20.2. The molecular formula is C26H22O2Te2. The summed E-state index contributed by atoms with van der Waals surface area (Å²) in [6.45, 7) is 0. The van der Waals surface area contributed by atoms with Crippen molar-refractivity contribution >= 4 is 67.1 Å². The van der Waals surface area contributed by atoms with E-state index >= 15 is 0 Å². The Labute approximate surface area is 197 Å². The number of rotatable bonds is 6. The Morgan fingerprint density at radius 2 is 0.967 bits per heavy atom. The molecule has 0 saturated carbocycles. The molecule has 150 valence electrons. The van der Waals surface area contributed by atoms with Crippen LogP contribution in [-0.4, -0.2) is 56.1 Å². The van der Waals surface area contributed by atoms with Gasteiger partial charge in [0, 0.05) is 0 Å². The van der Waals surface area contributed by atoms with E-state index in [0.29, 0.717) is 0 Å². The van der Waals surface area contributed by atoms with Crippen LogP contribution in [0.15, 0.2) is 72.8 Å². The van der Waals surface area contributed by atoms with Gasteiger partial charge in [0.05, 0.1) is 0 Å². The zero-order valence-electron chi connectivity index (χ0n) is 17.0. The molecule has 1 aliphatic rings. The predicted molar refractivity (Wildman–Crippen MR) is 127 cm³/mol. The van der Waals surface area contributed by atoms with E-state index in [0.717, 1.165) is 11.5 Å². The van der Waals surface area contributed by atoms with Crippen LogP contribution in [0.25, 0.3) is 10.8 Å². The van der Waals surface area contributed by atoms with E-state index in [1.54, 1.807) is 32.2 Å². The third-order valence-electron chi connectivity index (χ3n) is 5.49. The van der Waals surface area contributed by atoms with E-state index < -0.39 is 41.8 Å². The van der Waals surface area contributed by atoms with Crippen molar-refractivity contribution in [2.45, 2.75) is 12.8 Å². The van der Waals surface area contributed by atoms with E-state index in [-0.39, 0.29) is 0 Å². The minimum atomic E-state index is -0.463. The number of benzene rings is 4. The fourth-order valence-corrected chi connectivity index (χ4v) is 10.2. The van der Waals surface area contributed by atoms with Crippen LogP contribution in [-0.2, 0) is 12.8 Å². The van der Waals surface area contributed by atoms with Gasteiger partial charge in [0.25, 0.3) is 0 Å². The molecule has 1 aliphatic carbocycles. The summed E-state index contributed by atoms with van der Waals surface area (Å²) in [6.07, 6.45) is 2.36. The molecule has 4 heteroatoms. The Bertz CT molecular complexity index is 1110. The molecule has 30 heavy (non-hydrogen) atoms. The van der Waals surface area contributed by atoms with E-state index in [4.69, 9.17) is 9.47 Å². The van der Waals surface area contributed by atoms with Crippen molar-refractivity contribution in [1.82, 2.24) is 0 Å². The van der Waals surface area contributed by atoms with Gasteiger partial charge < -0.3 is 0 Å². The molecule has 0 spiro atoms. The van der Waals surface area contributed by atoms with E-state index in [9.17, 15) is 0 Å². The Morgan fingerprint density at radius 1 is 0.533 bits per heavy atom. The first-order valence-electron chi connectivity index (χ1n) is 9.96. The predicted octanol–water partition coefficient (Wildman–Crippen LogP) is 2.27. The Kier molecular flexibility index (Phi) is 5.95. The molecule has 0 bridgehead atoms. The topological polar surface area (TPSA) is 18.5 Å². The maximum atomic E-state index is 5.34. The number of hydrogen-bond donors (Lipinski definition) is 0. The SMILES string of the molecule is COc1ccc([Te]c2ccc3c4c(ccc([Te]c5ccc(OC)cc5)c24)CC3)cc1. The molecule has 0 saturated heterocycles. The average molecular weight is 622 g/mol. The van der Waals surface area contributed by atoms with Crippen LogP contribution in [0.1, 0.15) is 11.1 Å². The molecular weight excluding hydrogens is 599 g/mol. The van der Waals surface area contributed by atoms with Gasteiger partial charge in [0.1, 0.15) is 0 Å². The monoisotopic (exact) mass is 626 g/mol. The number of ether oxygens (including phenoxy) is 2. The van der Waals surface area contributed by atoms with Crippen molar-refractivity contribution in [3.05, 3.63) is 83.9 Å². The second-order valence-corrected chi connectivity index (χ2v) is 13.6. The van der Waals surface area contributed by atoms with Crippen molar-refractivity contribution in [3.8, 4) is 11.5 Å². The van der Waals surface area contributed by atoms with Crippen LogP contribution in [0.5, 0.6) is 11.5 Å². The van der Waals surface area contributed by atoms with Crippen LogP contribution < -0.4 is 23.9 Å². The van der Waals surface area contributed by atoms with Gasteiger partial charge >= 0.3 is 199 Å². The van der Waals surface area contributed by atoms with Gasteiger partial charge in [0.2, 0.25) is 0 Å². The molecule has 4 aromatic rings. The van der Waals surface area contributed by atoms with Gasteiger partial charge in [-0.1, -0.05) is 0 Å². The van der Waals surface area contributed by atoms with E-state index in [1.807, 2.05) is 0 Å². The summed E-state index contributed by atoms with van der Waals surface area (Å²) in [5.74, 6) is 1.86. The maximum absolute atomic E-state index is 5.34. The molecule has 0 radical (unpaired) electrons. The Balaban J connectivity index is 1.58. The zero-order valence-corrected chi connectivity index (χ0v) is 21.6. The summed E-state index contributed by atoms with van der Waals surface area (Å²) >= 11 is -0.925. The molecule has 0 unspecified atom stereocenters. The van der Waals surface area contributed by atoms with Gasteiger partial charge in [-0.3, -0.25) is 0 Å². The summed E-state index contributed by atoms with van der Waals surface area (Å²) in [7, 11) is 3.45. The van der Waals surface area contributed by atoms with E-state index in [2.05, 4.69) is 72.8 Å². The van der Waals surface area contributed by atoms with Crippen molar-refractivity contribution in [3.63, 3.8) is 0 Å². The van der Waals surface area contributed by atoms with Gasteiger partial charge in [0.15, 0.2) is 0 Å². The number of hydrogen-bond acceptors (Lipinski definition) is 2. The van der Waals surface area contributed by atoms with Crippen molar-refractivity contribution < 1.29 is 9.47 Å². The molecule has 2 nitrogen and oxygen atoms in total. The summed E-state index contributed by atoms with van der Waals surface area (Å²) in [5, 5.41) is 3.13. The molecule has 0 N–H and O–H groups in total. The molecule has 0 aliphatic heterocycles. The quantitative estimate of drug-likeness (QED) is 0.308. The molecule has 4 aromatic carbocycles. The Morgan fingerprint density at radius 3 is 1.37 bits per heavy atom. The van der Waals surface area contributed by atoms with Gasteiger partial charge in [-0.25, -0.2) is 0 Å². The van der Waals surface area contributed by atoms with Gasteiger partial charge in [-0.2, -0.15) is 0 Å². The molecule has 0 amide bonds. The molecule has 0 aromatic heterocycles. The zero-order chi connectivity index (χ0) is 20.5. The molecule has 5 rings (SSSR count). The van der Waals surface area contributed by atoms with Gasteiger partial charge in [-0.05, 0) is 0 Å². The average Bonchev–Trinajstić information content (AvgIpc) is 3.22. The first-order chi connectivity index (χ1) is 14.7. The summed E-state index contributed by atoms with van der Waals surface area (Å²) in [4.78, 5) is 0. The molecule has 0 heterocycles. The minimum absolute atomic E-state index is 0.463. The summed E-state index contributed by atoms with van der Waals surface area (Å²) < 4.78 is 16.7. The van der Waals surface area contributed by atoms with Crippen molar-refractivity contribution in [1.29, 1.82) is 0 Å². The number of methoxy groups -OCH3 is 2. The fraction of sp³-hybridized carbons (Fsp3) is 0.154. The number of aryl methyl sites for hydroxylation is 2. The fourth-order valence-electron chi connectivity index (χ4n) is 3.98. The second-order valence-electron chi connectivity index (χ2n) is 7.25. The normalized spacial score (nSPS) is 12.3. The van der Waals surface area contributed by atoms with Crippen LogP contribution in [0.2, 0.25) is 0 Å². The summed E-state index contributed by atoms with van der Waals surface area (Å²) in [6, 6.07) is 26.9. The first-order valence-corrected chi connectivity index (χ1v) is 14.6. The van der Waals surface area contributed by atoms with Gasteiger partial charge in [-0.15, -0.1) is 0 Å².